The van der Waals surface area contributed by atoms with Crippen LogP contribution >= 0.6 is 12.6 Å². The van der Waals surface area contributed by atoms with E-state index in [0.29, 0.717) is 5.39 Å². The molecule has 0 amide bonds. The summed E-state index contributed by atoms with van der Waals surface area (Å²) in [6.07, 6.45) is 3.14. The van der Waals surface area contributed by atoms with Gasteiger partial charge in [-0.15, -0.1) is 0 Å². The lowest BCUT2D eigenvalue weighted by atomic mass is 10.1. The Hall–Kier alpha value is -1.73. The zero-order chi connectivity index (χ0) is 14.1. The van der Waals surface area contributed by atoms with Crippen LogP contribution in [-0.4, -0.2) is 11.2 Å². The van der Waals surface area contributed by atoms with Crippen LogP contribution in [-0.2, 0) is 0 Å². The van der Waals surface area contributed by atoms with Gasteiger partial charge in [0.25, 0.3) is 0 Å². The number of thiol groups is 1. The van der Waals surface area contributed by atoms with Gasteiger partial charge in [-0.3, -0.25) is 4.79 Å². The lowest BCUT2D eigenvalue weighted by molar-refractivity contribution is 1.33. The number of fused-ring (bicyclic) bond motifs is 1. The third-order valence-corrected chi connectivity index (χ3v) is 2.16. The SMILES string of the molecule is CC.CS.Cc1ccc2c(=O)c(C#N)c[nH]c2c1. The Bertz CT molecular complexity index is 597. The van der Waals surface area contributed by atoms with Crippen molar-refractivity contribution in [3.05, 3.63) is 45.7 Å². The average molecular weight is 262 g/mol. The van der Waals surface area contributed by atoms with Gasteiger partial charge in [0.2, 0.25) is 5.43 Å². The maximum atomic E-state index is 11.6. The van der Waals surface area contributed by atoms with E-state index in [-0.39, 0.29) is 11.0 Å². The predicted octanol–water partition coefficient (Wildman–Crippen LogP) is 3.28. The van der Waals surface area contributed by atoms with E-state index in [0.717, 1.165) is 11.1 Å². The van der Waals surface area contributed by atoms with Gasteiger partial charge in [0, 0.05) is 17.1 Å². The van der Waals surface area contributed by atoms with Crippen molar-refractivity contribution >= 4 is 23.5 Å². The van der Waals surface area contributed by atoms with Gasteiger partial charge in [0.15, 0.2) is 0 Å². The molecular formula is C14H18N2OS. The number of pyridine rings is 1. The van der Waals surface area contributed by atoms with Crippen molar-refractivity contribution in [2.75, 3.05) is 6.26 Å². The van der Waals surface area contributed by atoms with Crippen LogP contribution in [0.4, 0.5) is 0 Å². The monoisotopic (exact) mass is 262 g/mol. The minimum Gasteiger partial charge on any atom is -0.360 e. The summed E-state index contributed by atoms with van der Waals surface area (Å²) in [6, 6.07) is 7.35. The molecule has 1 heterocycles. The van der Waals surface area contributed by atoms with Gasteiger partial charge in [0.1, 0.15) is 11.6 Å². The number of benzene rings is 1. The number of rotatable bonds is 0. The quantitative estimate of drug-likeness (QED) is 0.716. The lowest BCUT2D eigenvalue weighted by Crippen LogP contribution is -2.06. The van der Waals surface area contributed by atoms with Gasteiger partial charge in [-0.05, 0) is 30.9 Å². The summed E-state index contributed by atoms with van der Waals surface area (Å²) >= 11 is 3.53. The summed E-state index contributed by atoms with van der Waals surface area (Å²) < 4.78 is 0. The third kappa shape index (κ3) is 3.64. The van der Waals surface area contributed by atoms with E-state index >= 15 is 0 Å². The standard InChI is InChI=1S/C11H8N2O.C2H6.CH4S/c1-7-2-3-9-10(4-7)13-6-8(5-12)11(9)14;2*1-2/h2-4,6H,1H3,(H,13,14);1-2H3;2H,1H3. The van der Waals surface area contributed by atoms with Gasteiger partial charge in [-0.2, -0.15) is 17.9 Å². The number of aromatic nitrogens is 1. The molecule has 0 aliphatic rings. The molecule has 0 bridgehead atoms. The second-order valence-electron chi connectivity index (χ2n) is 3.19. The topological polar surface area (TPSA) is 56.6 Å². The first-order valence-corrected chi connectivity index (χ1v) is 6.58. The predicted molar refractivity (Wildman–Crippen MR) is 80.3 cm³/mol. The lowest BCUT2D eigenvalue weighted by Gasteiger charge is -1.98. The molecule has 0 radical (unpaired) electrons. The normalized spacial score (nSPS) is 8.44. The Balaban J connectivity index is 0.000000659. The number of hydrogen-bond donors (Lipinski definition) is 2. The maximum Gasteiger partial charge on any atom is 0.207 e. The van der Waals surface area contributed by atoms with Crippen LogP contribution in [0.25, 0.3) is 10.9 Å². The van der Waals surface area contributed by atoms with Gasteiger partial charge in [0.05, 0.1) is 0 Å². The van der Waals surface area contributed by atoms with E-state index in [1.807, 2.05) is 39.0 Å². The van der Waals surface area contributed by atoms with Gasteiger partial charge < -0.3 is 4.98 Å². The molecule has 96 valence electrons. The molecule has 0 atom stereocenters. The maximum absolute atomic E-state index is 11.6. The van der Waals surface area contributed by atoms with Gasteiger partial charge in [-0.1, -0.05) is 19.9 Å². The zero-order valence-electron chi connectivity index (χ0n) is 11.1. The number of nitriles is 1. The molecule has 1 aromatic heterocycles. The summed E-state index contributed by atoms with van der Waals surface area (Å²) in [5, 5.41) is 9.23. The Morgan fingerprint density at radius 2 is 1.89 bits per heavy atom. The fraction of sp³-hybridized carbons (Fsp3) is 0.286. The van der Waals surface area contributed by atoms with Crippen LogP contribution in [0.1, 0.15) is 25.0 Å². The van der Waals surface area contributed by atoms with Crippen LogP contribution in [0.15, 0.2) is 29.2 Å². The molecular weight excluding hydrogens is 244 g/mol. The van der Waals surface area contributed by atoms with Crippen LogP contribution in [0.3, 0.4) is 0 Å². The highest BCUT2D eigenvalue weighted by Gasteiger charge is 2.03. The van der Waals surface area contributed by atoms with E-state index < -0.39 is 0 Å². The number of nitrogens with zero attached hydrogens (tertiary/aromatic N) is 1. The van der Waals surface area contributed by atoms with Gasteiger partial charge in [-0.25, -0.2) is 0 Å². The zero-order valence-corrected chi connectivity index (χ0v) is 12.0. The van der Waals surface area contributed by atoms with Crippen molar-refractivity contribution in [3.8, 4) is 6.07 Å². The molecule has 0 aliphatic carbocycles. The summed E-state index contributed by atoms with van der Waals surface area (Å²) in [5.41, 5.74) is 1.80. The van der Waals surface area contributed by atoms with E-state index in [4.69, 9.17) is 5.26 Å². The summed E-state index contributed by atoms with van der Waals surface area (Å²) in [5.74, 6) is 0. The smallest absolute Gasteiger partial charge is 0.207 e. The van der Waals surface area contributed by atoms with Crippen LogP contribution < -0.4 is 5.43 Å². The van der Waals surface area contributed by atoms with E-state index in [9.17, 15) is 4.79 Å². The molecule has 3 nitrogen and oxygen atoms in total. The Kier molecular flexibility index (Phi) is 7.57. The second kappa shape index (κ2) is 8.37. The largest absolute Gasteiger partial charge is 0.360 e. The Labute approximate surface area is 113 Å². The second-order valence-corrected chi connectivity index (χ2v) is 3.19. The third-order valence-electron chi connectivity index (χ3n) is 2.16. The van der Waals surface area contributed by atoms with Crippen molar-refractivity contribution in [3.63, 3.8) is 0 Å². The first kappa shape index (κ1) is 16.3. The summed E-state index contributed by atoms with van der Waals surface area (Å²) in [6.45, 7) is 5.95. The molecule has 0 saturated heterocycles. The first-order valence-electron chi connectivity index (χ1n) is 5.69. The van der Waals surface area contributed by atoms with Crippen LogP contribution in [0.5, 0.6) is 0 Å². The first-order chi connectivity index (χ1) is 8.72. The number of aromatic amines is 1. The fourth-order valence-electron chi connectivity index (χ4n) is 1.42. The van der Waals surface area contributed by atoms with Crippen molar-refractivity contribution in [1.29, 1.82) is 5.26 Å². The van der Waals surface area contributed by atoms with Crippen LogP contribution in [0.2, 0.25) is 0 Å². The van der Waals surface area contributed by atoms with Gasteiger partial charge >= 0.3 is 0 Å². The molecule has 4 heteroatoms. The van der Waals surface area contributed by atoms with Crippen molar-refractivity contribution in [2.45, 2.75) is 20.8 Å². The molecule has 0 fully saturated rings. The van der Waals surface area contributed by atoms with Crippen molar-refractivity contribution in [1.82, 2.24) is 4.98 Å². The molecule has 0 unspecified atom stereocenters. The molecule has 1 aromatic carbocycles. The average Bonchev–Trinajstić information content (AvgIpc) is 2.43. The highest BCUT2D eigenvalue weighted by atomic mass is 32.1. The van der Waals surface area contributed by atoms with E-state index in [1.165, 1.54) is 6.20 Å². The van der Waals surface area contributed by atoms with E-state index in [1.54, 1.807) is 12.3 Å². The number of hydrogen-bond acceptors (Lipinski definition) is 3. The minimum absolute atomic E-state index is 0.154. The van der Waals surface area contributed by atoms with Crippen molar-refractivity contribution < 1.29 is 0 Å². The summed E-state index contributed by atoms with van der Waals surface area (Å²) in [4.78, 5) is 14.6. The molecule has 1 N–H and O–H groups in total. The number of nitrogens with one attached hydrogen (secondary N) is 1. The molecule has 0 aliphatic heterocycles. The molecule has 18 heavy (non-hydrogen) atoms. The van der Waals surface area contributed by atoms with E-state index in [2.05, 4.69) is 17.6 Å². The molecule has 0 saturated carbocycles. The molecule has 0 spiro atoms. The Morgan fingerprint density at radius 1 is 1.28 bits per heavy atom. The molecule has 2 rings (SSSR count). The minimum atomic E-state index is -0.207. The van der Waals surface area contributed by atoms with Crippen LogP contribution in [0, 0.1) is 18.3 Å². The number of H-pyrrole nitrogens is 1. The number of aryl methyl sites for hydroxylation is 1. The van der Waals surface area contributed by atoms with Crippen molar-refractivity contribution in [2.24, 2.45) is 0 Å². The molecule has 2 aromatic rings. The highest BCUT2D eigenvalue weighted by Crippen LogP contribution is 2.09. The highest BCUT2D eigenvalue weighted by molar-refractivity contribution is 7.79. The Morgan fingerprint density at radius 3 is 2.44 bits per heavy atom. The summed E-state index contributed by atoms with van der Waals surface area (Å²) in [7, 11) is 0. The fourth-order valence-corrected chi connectivity index (χ4v) is 1.42.